The monoisotopic (exact) mass is 283 g/mol. The molecule has 1 aliphatic rings. The zero-order valence-corrected chi connectivity index (χ0v) is 12.1. The predicted molar refractivity (Wildman–Crippen MR) is 86.2 cm³/mol. The fourth-order valence-corrected chi connectivity index (χ4v) is 3.01. The van der Waals surface area contributed by atoms with Gasteiger partial charge in [-0.3, -0.25) is 0 Å². The van der Waals surface area contributed by atoms with E-state index in [2.05, 4.69) is 23.7 Å². The zero-order chi connectivity index (χ0) is 14.2. The van der Waals surface area contributed by atoms with Gasteiger partial charge in [0.1, 0.15) is 5.66 Å². The highest BCUT2D eigenvalue weighted by Crippen LogP contribution is 2.34. The first-order valence-electron chi connectivity index (χ1n) is 6.42. The van der Waals surface area contributed by atoms with Gasteiger partial charge >= 0.3 is 0 Å². The van der Waals surface area contributed by atoms with Crippen molar-refractivity contribution in [2.75, 3.05) is 12.0 Å². The molecule has 0 saturated heterocycles. The van der Waals surface area contributed by atoms with Gasteiger partial charge in [-0.2, -0.15) is 0 Å². The van der Waals surface area contributed by atoms with Gasteiger partial charge < -0.3 is 16.8 Å². The van der Waals surface area contributed by atoms with Gasteiger partial charge in [0.25, 0.3) is 0 Å². The summed E-state index contributed by atoms with van der Waals surface area (Å²) in [6, 6.07) is 14.1. The van der Waals surface area contributed by atoms with Crippen molar-refractivity contribution < 1.29 is 0 Å². The normalized spacial score (nSPS) is 20.3. The van der Waals surface area contributed by atoms with Crippen LogP contribution in [0, 0.1) is 0 Å². The first-order valence-corrected chi connectivity index (χ1v) is 7.64. The van der Waals surface area contributed by atoms with Crippen molar-refractivity contribution in [3.05, 3.63) is 65.4 Å². The molecule has 1 heterocycles. The second kappa shape index (κ2) is 4.89. The van der Waals surface area contributed by atoms with E-state index in [1.165, 1.54) is 4.90 Å². The van der Waals surface area contributed by atoms with Crippen LogP contribution in [0.5, 0.6) is 0 Å². The molecule has 3 nitrogen and oxygen atoms in total. The minimum absolute atomic E-state index is 0.745. The smallest absolute Gasteiger partial charge is 0.139 e. The van der Waals surface area contributed by atoms with Gasteiger partial charge in [-0.1, -0.05) is 24.3 Å². The summed E-state index contributed by atoms with van der Waals surface area (Å²) in [6.07, 6.45) is 5.89. The topological polar surface area (TPSA) is 64.1 Å². The molecular formula is C16H17N3S. The molecule has 1 atom stereocenters. The molecule has 0 bridgehead atoms. The minimum atomic E-state index is -0.745. The number of thioether (sulfide) groups is 1. The average Bonchev–Trinajstić information content (AvgIpc) is 2.49. The van der Waals surface area contributed by atoms with Crippen molar-refractivity contribution in [1.82, 2.24) is 5.32 Å². The van der Waals surface area contributed by atoms with Crippen molar-refractivity contribution in [3.63, 3.8) is 0 Å². The van der Waals surface area contributed by atoms with Gasteiger partial charge in [-0.05, 0) is 42.3 Å². The summed E-state index contributed by atoms with van der Waals surface area (Å²) in [5.41, 5.74) is 15.7. The second-order valence-corrected chi connectivity index (χ2v) is 5.71. The van der Waals surface area contributed by atoms with Crippen LogP contribution in [0.15, 0.2) is 53.6 Å². The summed E-state index contributed by atoms with van der Waals surface area (Å²) in [5, 5.41) is 3.28. The van der Waals surface area contributed by atoms with Gasteiger partial charge in [0, 0.05) is 21.7 Å². The van der Waals surface area contributed by atoms with E-state index in [1.54, 1.807) is 11.8 Å². The number of nitrogen functional groups attached to an aromatic ring is 1. The van der Waals surface area contributed by atoms with Gasteiger partial charge in [-0.15, -0.1) is 11.8 Å². The molecule has 3 rings (SSSR count). The van der Waals surface area contributed by atoms with Gasteiger partial charge in [0.15, 0.2) is 0 Å². The van der Waals surface area contributed by atoms with E-state index in [9.17, 15) is 0 Å². The highest BCUT2D eigenvalue weighted by atomic mass is 32.2. The molecule has 0 fully saturated rings. The number of rotatable bonds is 2. The van der Waals surface area contributed by atoms with Crippen LogP contribution in [0.1, 0.15) is 16.7 Å². The lowest BCUT2D eigenvalue weighted by atomic mass is 9.86. The summed E-state index contributed by atoms with van der Waals surface area (Å²) < 4.78 is 0. The maximum absolute atomic E-state index is 6.66. The number of benzene rings is 2. The van der Waals surface area contributed by atoms with Gasteiger partial charge in [0.05, 0.1) is 0 Å². The Morgan fingerprint density at radius 1 is 1.15 bits per heavy atom. The number of hydrogen-bond acceptors (Lipinski definition) is 4. The molecule has 2 aromatic carbocycles. The summed E-state index contributed by atoms with van der Waals surface area (Å²) in [5.74, 6) is 0. The van der Waals surface area contributed by atoms with Crippen LogP contribution in [0.3, 0.4) is 0 Å². The summed E-state index contributed by atoms with van der Waals surface area (Å²) in [4.78, 5) is 1.19. The SMILES string of the molecule is CSc1cccc(C2(N)NC=Cc3c(N)cccc32)c1. The van der Waals surface area contributed by atoms with E-state index in [0.717, 1.165) is 22.4 Å². The largest absolute Gasteiger partial charge is 0.398 e. The van der Waals surface area contributed by atoms with E-state index < -0.39 is 5.66 Å². The molecule has 0 aromatic heterocycles. The van der Waals surface area contributed by atoms with Crippen LogP contribution in [-0.4, -0.2) is 6.26 Å². The van der Waals surface area contributed by atoms with Crippen molar-refractivity contribution in [2.45, 2.75) is 10.6 Å². The Hall–Kier alpha value is -1.91. The predicted octanol–water partition coefficient (Wildman–Crippen LogP) is 2.72. The van der Waals surface area contributed by atoms with Gasteiger partial charge in [0.2, 0.25) is 0 Å². The van der Waals surface area contributed by atoms with Crippen LogP contribution >= 0.6 is 11.8 Å². The van der Waals surface area contributed by atoms with E-state index in [4.69, 9.17) is 11.5 Å². The van der Waals surface area contributed by atoms with E-state index in [0.29, 0.717) is 0 Å². The summed E-state index contributed by atoms with van der Waals surface area (Å²) >= 11 is 1.70. The van der Waals surface area contributed by atoms with Crippen molar-refractivity contribution >= 4 is 23.5 Å². The number of hydrogen-bond donors (Lipinski definition) is 3. The maximum atomic E-state index is 6.66. The molecule has 0 aliphatic carbocycles. The maximum Gasteiger partial charge on any atom is 0.139 e. The zero-order valence-electron chi connectivity index (χ0n) is 11.3. The van der Waals surface area contributed by atoms with Crippen LogP contribution < -0.4 is 16.8 Å². The number of anilines is 1. The molecular weight excluding hydrogens is 266 g/mol. The number of nitrogens with one attached hydrogen (secondary N) is 1. The molecule has 102 valence electrons. The molecule has 5 N–H and O–H groups in total. The Balaban J connectivity index is 2.18. The molecule has 0 spiro atoms. The lowest BCUT2D eigenvalue weighted by Crippen LogP contribution is -2.50. The Morgan fingerprint density at radius 3 is 2.75 bits per heavy atom. The lowest BCUT2D eigenvalue weighted by molar-refractivity contribution is 0.473. The standard InChI is InChI=1S/C16H17N3S/c1-20-12-5-2-4-11(10-12)16(18)14-6-3-7-15(17)13(14)8-9-19-16/h2-10,19H,17-18H2,1H3. The number of fused-ring (bicyclic) bond motifs is 1. The van der Waals surface area contributed by atoms with Crippen molar-refractivity contribution in [3.8, 4) is 0 Å². The minimum Gasteiger partial charge on any atom is -0.398 e. The second-order valence-electron chi connectivity index (χ2n) is 4.83. The quantitative estimate of drug-likeness (QED) is 0.586. The molecule has 1 aliphatic heterocycles. The van der Waals surface area contributed by atoms with E-state index >= 15 is 0 Å². The third kappa shape index (κ3) is 1.97. The van der Waals surface area contributed by atoms with Crippen molar-refractivity contribution in [2.24, 2.45) is 5.73 Å². The molecule has 0 radical (unpaired) electrons. The third-order valence-electron chi connectivity index (χ3n) is 3.65. The van der Waals surface area contributed by atoms with Crippen molar-refractivity contribution in [1.29, 1.82) is 0 Å². The summed E-state index contributed by atoms with van der Waals surface area (Å²) in [7, 11) is 0. The molecule has 2 aromatic rings. The third-order valence-corrected chi connectivity index (χ3v) is 4.38. The van der Waals surface area contributed by atoms with Crippen LogP contribution in [-0.2, 0) is 5.66 Å². The first kappa shape index (κ1) is 13.1. The fraction of sp³-hybridized carbons (Fsp3) is 0.125. The van der Waals surface area contributed by atoms with E-state index in [-0.39, 0.29) is 0 Å². The molecule has 0 saturated carbocycles. The van der Waals surface area contributed by atoms with Gasteiger partial charge in [-0.25, -0.2) is 0 Å². The lowest BCUT2D eigenvalue weighted by Gasteiger charge is -2.35. The molecule has 4 heteroatoms. The highest BCUT2D eigenvalue weighted by Gasteiger charge is 2.33. The molecule has 20 heavy (non-hydrogen) atoms. The Labute approximate surface area is 123 Å². The Bertz CT molecular complexity index is 681. The van der Waals surface area contributed by atoms with E-state index in [1.807, 2.05) is 42.6 Å². The van der Waals surface area contributed by atoms with Crippen LogP contribution in [0.4, 0.5) is 5.69 Å². The Kier molecular flexibility index (Phi) is 3.20. The highest BCUT2D eigenvalue weighted by molar-refractivity contribution is 7.98. The Morgan fingerprint density at radius 2 is 1.95 bits per heavy atom. The van der Waals surface area contributed by atoms with Crippen LogP contribution in [0.25, 0.3) is 6.08 Å². The fourth-order valence-electron chi connectivity index (χ4n) is 2.55. The first-order chi connectivity index (χ1) is 9.65. The summed E-state index contributed by atoms with van der Waals surface area (Å²) in [6.45, 7) is 0. The average molecular weight is 283 g/mol. The molecule has 1 unspecified atom stereocenters. The number of nitrogens with two attached hydrogens (primary N) is 2. The molecule has 0 amide bonds. The van der Waals surface area contributed by atoms with Crippen LogP contribution in [0.2, 0.25) is 0 Å².